The van der Waals surface area contributed by atoms with Crippen molar-refractivity contribution < 1.29 is 0 Å². The lowest BCUT2D eigenvalue weighted by molar-refractivity contribution is 0.902. The normalized spacial score (nSPS) is 12.5. The second-order valence-corrected chi connectivity index (χ2v) is 7.45. The van der Waals surface area contributed by atoms with Crippen molar-refractivity contribution in [3.8, 4) is 0 Å². The summed E-state index contributed by atoms with van der Waals surface area (Å²) in [6, 6.07) is 10.4. The molecule has 0 saturated carbocycles. The first-order valence-electron chi connectivity index (χ1n) is 6.95. The van der Waals surface area contributed by atoms with E-state index in [0.29, 0.717) is 11.0 Å². The van der Waals surface area contributed by atoms with Gasteiger partial charge in [0.25, 0.3) is 5.78 Å². The number of halogens is 1. The Balaban J connectivity index is 1.66. The molecule has 0 radical (unpaired) electrons. The summed E-state index contributed by atoms with van der Waals surface area (Å²) in [7, 11) is 0. The lowest BCUT2D eigenvalue weighted by Crippen LogP contribution is -2.16. The molecule has 3 aromatic rings. The summed E-state index contributed by atoms with van der Waals surface area (Å²) in [5.74, 6) is 1.54. The standard InChI is InChI=1S/C15H16BrN5S/c1-10-7-14(21-15(20-10)18-9-19-21)17-8-11(2)22-13-5-3-12(16)4-6-13/h3-7,9,11,17H,8H2,1-2H3. The van der Waals surface area contributed by atoms with E-state index in [0.717, 1.165) is 22.5 Å². The van der Waals surface area contributed by atoms with E-state index in [2.05, 4.69) is 67.5 Å². The number of hydrogen-bond donors (Lipinski definition) is 1. The third-order valence-corrected chi connectivity index (χ3v) is 4.74. The van der Waals surface area contributed by atoms with Gasteiger partial charge in [0, 0.05) is 32.9 Å². The number of rotatable bonds is 5. The highest BCUT2D eigenvalue weighted by molar-refractivity contribution is 9.10. The Morgan fingerprint density at radius 1 is 1.32 bits per heavy atom. The maximum absolute atomic E-state index is 4.34. The fraction of sp³-hybridized carbons (Fsp3) is 0.267. The molecule has 0 saturated heterocycles. The molecule has 0 bridgehead atoms. The highest BCUT2D eigenvalue weighted by Gasteiger charge is 2.08. The summed E-state index contributed by atoms with van der Waals surface area (Å²) in [4.78, 5) is 9.73. The van der Waals surface area contributed by atoms with Crippen molar-refractivity contribution in [2.24, 2.45) is 0 Å². The summed E-state index contributed by atoms with van der Waals surface area (Å²) in [5, 5.41) is 8.06. The zero-order chi connectivity index (χ0) is 15.5. The van der Waals surface area contributed by atoms with E-state index in [1.807, 2.05) is 24.8 Å². The zero-order valence-corrected chi connectivity index (χ0v) is 14.7. The first kappa shape index (κ1) is 15.3. The molecule has 0 spiro atoms. The van der Waals surface area contributed by atoms with Crippen LogP contribution < -0.4 is 5.32 Å². The number of hydrogen-bond acceptors (Lipinski definition) is 5. The number of aromatic nitrogens is 4. The topological polar surface area (TPSA) is 55.1 Å². The second kappa shape index (κ2) is 6.66. The average molecular weight is 378 g/mol. The van der Waals surface area contributed by atoms with Crippen LogP contribution in [0.4, 0.5) is 5.82 Å². The van der Waals surface area contributed by atoms with Gasteiger partial charge in [-0.25, -0.2) is 4.98 Å². The summed E-state index contributed by atoms with van der Waals surface area (Å²) in [6.45, 7) is 4.99. The summed E-state index contributed by atoms with van der Waals surface area (Å²) in [5.41, 5.74) is 0.927. The number of anilines is 1. The van der Waals surface area contributed by atoms with Gasteiger partial charge in [-0.15, -0.1) is 11.8 Å². The van der Waals surface area contributed by atoms with Crippen LogP contribution in [0.15, 0.2) is 46.0 Å². The molecular formula is C15H16BrN5S. The fourth-order valence-corrected chi connectivity index (χ4v) is 3.28. The second-order valence-electron chi connectivity index (χ2n) is 5.02. The molecule has 0 amide bonds. The van der Waals surface area contributed by atoms with Crippen LogP contribution in [-0.2, 0) is 0 Å². The Bertz CT molecular complexity index is 771. The van der Waals surface area contributed by atoms with Crippen LogP contribution in [0.5, 0.6) is 0 Å². The number of nitrogens with one attached hydrogen (secondary N) is 1. The lowest BCUT2D eigenvalue weighted by atomic mass is 10.4. The van der Waals surface area contributed by atoms with E-state index < -0.39 is 0 Å². The van der Waals surface area contributed by atoms with Crippen LogP contribution in [0.2, 0.25) is 0 Å². The molecule has 3 rings (SSSR count). The average Bonchev–Trinajstić information content (AvgIpc) is 2.95. The largest absolute Gasteiger partial charge is 0.369 e. The Morgan fingerprint density at radius 2 is 2.09 bits per heavy atom. The van der Waals surface area contributed by atoms with Gasteiger partial charge in [0.1, 0.15) is 12.1 Å². The fourth-order valence-electron chi connectivity index (χ4n) is 2.09. The van der Waals surface area contributed by atoms with Crippen molar-refractivity contribution in [2.75, 3.05) is 11.9 Å². The van der Waals surface area contributed by atoms with Crippen molar-refractivity contribution in [3.05, 3.63) is 46.8 Å². The molecule has 0 aliphatic rings. The number of fused-ring (bicyclic) bond motifs is 1. The van der Waals surface area contributed by atoms with Crippen LogP contribution in [-0.4, -0.2) is 31.4 Å². The maximum Gasteiger partial charge on any atom is 0.254 e. The quantitative estimate of drug-likeness (QED) is 0.685. The van der Waals surface area contributed by atoms with E-state index in [9.17, 15) is 0 Å². The van der Waals surface area contributed by atoms with Crippen molar-refractivity contribution >= 4 is 39.3 Å². The first-order chi connectivity index (χ1) is 10.6. The van der Waals surface area contributed by atoms with Crippen LogP contribution in [0.3, 0.4) is 0 Å². The van der Waals surface area contributed by atoms with Gasteiger partial charge in [-0.05, 0) is 31.2 Å². The summed E-state index contributed by atoms with van der Waals surface area (Å²) in [6.07, 6.45) is 1.52. The van der Waals surface area contributed by atoms with E-state index in [1.165, 1.54) is 11.2 Å². The van der Waals surface area contributed by atoms with E-state index in [4.69, 9.17) is 0 Å². The molecule has 1 unspecified atom stereocenters. The highest BCUT2D eigenvalue weighted by atomic mass is 79.9. The van der Waals surface area contributed by atoms with Crippen molar-refractivity contribution in [1.29, 1.82) is 0 Å². The Kier molecular flexibility index (Phi) is 4.63. The van der Waals surface area contributed by atoms with Gasteiger partial charge < -0.3 is 5.32 Å². The van der Waals surface area contributed by atoms with Crippen molar-refractivity contribution in [1.82, 2.24) is 19.6 Å². The van der Waals surface area contributed by atoms with Gasteiger partial charge in [0.05, 0.1) is 0 Å². The molecule has 1 atom stereocenters. The van der Waals surface area contributed by atoms with Crippen LogP contribution in [0.25, 0.3) is 5.78 Å². The first-order valence-corrected chi connectivity index (χ1v) is 8.62. The molecule has 1 aromatic carbocycles. The number of nitrogens with zero attached hydrogens (tertiary/aromatic N) is 4. The third kappa shape index (κ3) is 3.59. The molecule has 7 heteroatoms. The Hall–Kier alpha value is -1.60. The summed E-state index contributed by atoms with van der Waals surface area (Å²) < 4.78 is 2.83. The van der Waals surface area contributed by atoms with E-state index in [1.54, 1.807) is 4.52 Å². The number of aryl methyl sites for hydroxylation is 1. The Labute approximate surface area is 141 Å². The number of benzene rings is 1. The minimum atomic E-state index is 0.424. The zero-order valence-electron chi connectivity index (χ0n) is 12.3. The highest BCUT2D eigenvalue weighted by Crippen LogP contribution is 2.25. The molecule has 0 aliphatic carbocycles. The molecule has 0 fully saturated rings. The van der Waals surface area contributed by atoms with Crippen LogP contribution in [0.1, 0.15) is 12.6 Å². The smallest absolute Gasteiger partial charge is 0.254 e. The SMILES string of the molecule is Cc1cc(NCC(C)Sc2ccc(Br)cc2)n2ncnc2n1. The monoisotopic (exact) mass is 377 g/mol. The van der Waals surface area contributed by atoms with Gasteiger partial charge in [0.15, 0.2) is 0 Å². The molecule has 114 valence electrons. The van der Waals surface area contributed by atoms with Gasteiger partial charge in [-0.3, -0.25) is 0 Å². The van der Waals surface area contributed by atoms with Gasteiger partial charge >= 0.3 is 0 Å². The maximum atomic E-state index is 4.34. The van der Waals surface area contributed by atoms with E-state index >= 15 is 0 Å². The van der Waals surface area contributed by atoms with Crippen LogP contribution in [0, 0.1) is 6.92 Å². The minimum Gasteiger partial charge on any atom is -0.369 e. The predicted molar refractivity (Wildman–Crippen MR) is 93.5 cm³/mol. The third-order valence-electron chi connectivity index (χ3n) is 3.10. The van der Waals surface area contributed by atoms with Gasteiger partial charge in [0.2, 0.25) is 0 Å². The molecule has 22 heavy (non-hydrogen) atoms. The number of thioether (sulfide) groups is 1. The minimum absolute atomic E-state index is 0.424. The van der Waals surface area contributed by atoms with E-state index in [-0.39, 0.29) is 0 Å². The molecule has 0 aliphatic heterocycles. The van der Waals surface area contributed by atoms with Crippen molar-refractivity contribution in [2.45, 2.75) is 24.0 Å². The molecular weight excluding hydrogens is 362 g/mol. The predicted octanol–water partition coefficient (Wildman–Crippen LogP) is 3.79. The lowest BCUT2D eigenvalue weighted by Gasteiger charge is -2.14. The molecule has 5 nitrogen and oxygen atoms in total. The molecule has 2 heterocycles. The molecule has 2 aromatic heterocycles. The Morgan fingerprint density at radius 3 is 2.86 bits per heavy atom. The van der Waals surface area contributed by atoms with Gasteiger partial charge in [-0.2, -0.15) is 14.6 Å². The van der Waals surface area contributed by atoms with Crippen molar-refractivity contribution in [3.63, 3.8) is 0 Å². The van der Waals surface area contributed by atoms with Crippen LogP contribution >= 0.6 is 27.7 Å². The van der Waals surface area contributed by atoms with Gasteiger partial charge in [-0.1, -0.05) is 22.9 Å². The summed E-state index contributed by atoms with van der Waals surface area (Å²) >= 11 is 5.29. The molecule has 1 N–H and O–H groups in total.